The Morgan fingerprint density at radius 1 is 1.17 bits per heavy atom. The second-order valence-electron chi connectivity index (χ2n) is 8.96. The highest BCUT2D eigenvalue weighted by Gasteiger charge is 2.27. The molecule has 0 spiro atoms. The monoisotopic (exact) mass is 520 g/mol. The van der Waals surface area contributed by atoms with Crippen molar-refractivity contribution in [1.29, 1.82) is 0 Å². The van der Waals surface area contributed by atoms with Crippen molar-refractivity contribution in [2.45, 2.75) is 19.4 Å². The molecule has 1 aliphatic rings. The fourth-order valence-electron chi connectivity index (χ4n) is 4.91. The van der Waals surface area contributed by atoms with E-state index in [9.17, 15) is 4.79 Å². The molecule has 182 valence electrons. The number of aromatic nitrogens is 5. The number of imidazole rings is 1. The van der Waals surface area contributed by atoms with E-state index in [0.29, 0.717) is 28.7 Å². The van der Waals surface area contributed by atoms with E-state index in [1.54, 1.807) is 4.90 Å². The summed E-state index contributed by atoms with van der Waals surface area (Å²) < 4.78 is 3.92. The molecule has 0 bridgehead atoms. The Morgan fingerprint density at radius 2 is 1.97 bits per heavy atom. The minimum atomic E-state index is -0.466. The number of aryl methyl sites for hydroxylation is 1. The van der Waals surface area contributed by atoms with Gasteiger partial charge in [-0.05, 0) is 37.6 Å². The molecule has 10 heteroatoms. The number of nitrogens with zero attached hydrogens (tertiary/aromatic N) is 6. The van der Waals surface area contributed by atoms with Crippen LogP contribution >= 0.6 is 23.2 Å². The van der Waals surface area contributed by atoms with E-state index >= 15 is 0 Å². The number of halogens is 2. The number of amides is 1. The van der Waals surface area contributed by atoms with Gasteiger partial charge in [-0.2, -0.15) is 5.10 Å². The van der Waals surface area contributed by atoms with Gasteiger partial charge < -0.3 is 14.4 Å². The molecule has 36 heavy (non-hydrogen) atoms. The summed E-state index contributed by atoms with van der Waals surface area (Å²) in [5.74, 6) is -0.250. The Hall–Kier alpha value is -3.46. The molecule has 5 heterocycles. The lowest BCUT2D eigenvalue weighted by atomic mass is 10.1. The predicted molar refractivity (Wildman–Crippen MR) is 139 cm³/mol. The van der Waals surface area contributed by atoms with E-state index < -0.39 is 6.61 Å². The van der Waals surface area contributed by atoms with Gasteiger partial charge in [-0.3, -0.25) is 14.5 Å². The SMILES string of the molecule is Cc1c(-c2c(Cl)cccc2Cl)nc2c3cc(-c4cnn([C@H]5CCN(C(=O)CO)C5)c4)cnc3ccn12. The van der Waals surface area contributed by atoms with Crippen LogP contribution < -0.4 is 0 Å². The molecule has 0 radical (unpaired) electrons. The maximum absolute atomic E-state index is 11.8. The van der Waals surface area contributed by atoms with Crippen molar-refractivity contribution in [3.05, 3.63) is 70.9 Å². The average molecular weight is 521 g/mol. The van der Waals surface area contributed by atoms with Gasteiger partial charge in [0.05, 0.1) is 33.5 Å². The fourth-order valence-corrected chi connectivity index (χ4v) is 5.48. The number of hydrogen-bond donors (Lipinski definition) is 1. The molecule has 1 N–H and O–H groups in total. The van der Waals surface area contributed by atoms with Crippen LogP contribution in [0.4, 0.5) is 0 Å². The predicted octanol–water partition coefficient (Wildman–Crippen LogP) is 4.79. The van der Waals surface area contributed by atoms with Crippen LogP contribution in [0.25, 0.3) is 38.9 Å². The van der Waals surface area contributed by atoms with E-state index in [4.69, 9.17) is 33.3 Å². The third-order valence-corrected chi connectivity index (χ3v) is 7.48. The van der Waals surface area contributed by atoms with Crippen LogP contribution in [0.15, 0.2) is 55.1 Å². The zero-order valence-corrected chi connectivity index (χ0v) is 20.9. The maximum Gasteiger partial charge on any atom is 0.248 e. The van der Waals surface area contributed by atoms with Gasteiger partial charge in [-0.1, -0.05) is 29.3 Å². The molecule has 0 aliphatic carbocycles. The zero-order chi connectivity index (χ0) is 25.0. The highest BCUT2D eigenvalue weighted by Crippen LogP contribution is 2.37. The zero-order valence-electron chi connectivity index (χ0n) is 19.4. The number of benzene rings is 1. The lowest BCUT2D eigenvalue weighted by molar-refractivity contribution is -0.133. The van der Waals surface area contributed by atoms with Crippen LogP contribution in [-0.4, -0.2) is 59.8 Å². The molecule has 0 saturated carbocycles. The largest absolute Gasteiger partial charge is 0.387 e. The summed E-state index contributed by atoms with van der Waals surface area (Å²) >= 11 is 13.0. The summed E-state index contributed by atoms with van der Waals surface area (Å²) in [4.78, 5) is 23.1. The summed E-state index contributed by atoms with van der Waals surface area (Å²) in [6.07, 6.45) is 8.37. The van der Waals surface area contributed by atoms with Crippen molar-refractivity contribution < 1.29 is 9.90 Å². The summed E-state index contributed by atoms with van der Waals surface area (Å²) in [5.41, 5.74) is 5.83. The third-order valence-electron chi connectivity index (χ3n) is 6.85. The van der Waals surface area contributed by atoms with Crippen molar-refractivity contribution in [1.82, 2.24) is 29.0 Å². The van der Waals surface area contributed by atoms with Crippen LogP contribution in [0.3, 0.4) is 0 Å². The molecule has 1 aromatic carbocycles. The number of carbonyl (C=O) groups is 1. The Kier molecular flexibility index (Phi) is 5.67. The normalized spacial score (nSPS) is 15.9. The summed E-state index contributed by atoms with van der Waals surface area (Å²) in [6, 6.07) is 9.55. The Labute approximate surface area is 216 Å². The number of hydrogen-bond acceptors (Lipinski definition) is 5. The minimum Gasteiger partial charge on any atom is -0.387 e. The topological polar surface area (TPSA) is 88.5 Å². The van der Waals surface area contributed by atoms with E-state index in [1.165, 1.54) is 0 Å². The Morgan fingerprint density at radius 3 is 2.75 bits per heavy atom. The number of likely N-dealkylation sites (tertiary alicyclic amines) is 1. The number of pyridine rings is 2. The maximum atomic E-state index is 11.8. The standard InChI is InChI=1S/C26H22Cl2N6O2/c1-15-25(24-20(27)3-2-4-21(24)28)31-26-19-9-16(10-29-22(19)6-8-33(15)26)17-11-30-34(12-17)18-5-7-32(13-18)23(36)14-35/h2-4,6,8-12,18,35H,5,7,13-14H2,1H3/t18-/m0/s1. The van der Waals surface area contributed by atoms with Gasteiger partial charge in [0, 0.05) is 59.5 Å². The van der Waals surface area contributed by atoms with Gasteiger partial charge in [-0.25, -0.2) is 4.98 Å². The van der Waals surface area contributed by atoms with Gasteiger partial charge in [0.25, 0.3) is 0 Å². The van der Waals surface area contributed by atoms with Crippen LogP contribution in [0.5, 0.6) is 0 Å². The molecular weight excluding hydrogens is 499 g/mol. The lowest BCUT2D eigenvalue weighted by Gasteiger charge is -2.15. The first-order chi connectivity index (χ1) is 17.4. The molecule has 4 aromatic heterocycles. The second-order valence-corrected chi connectivity index (χ2v) is 9.77. The van der Waals surface area contributed by atoms with E-state index in [-0.39, 0.29) is 11.9 Å². The number of carbonyl (C=O) groups excluding carboxylic acids is 1. The minimum absolute atomic E-state index is 0.0762. The first kappa shape index (κ1) is 23.0. The first-order valence-corrected chi connectivity index (χ1v) is 12.3. The van der Waals surface area contributed by atoms with Crippen LogP contribution in [-0.2, 0) is 4.79 Å². The molecule has 1 atom stereocenters. The summed E-state index contributed by atoms with van der Waals surface area (Å²) in [5, 5.41) is 15.7. The highest BCUT2D eigenvalue weighted by molar-refractivity contribution is 6.39. The molecule has 1 fully saturated rings. The number of aliphatic hydroxyl groups excluding tert-OH is 1. The Bertz CT molecular complexity index is 1620. The average Bonchev–Trinajstić information content (AvgIpc) is 3.63. The number of fused-ring (bicyclic) bond motifs is 3. The highest BCUT2D eigenvalue weighted by atomic mass is 35.5. The van der Waals surface area contributed by atoms with Gasteiger partial charge in [0.1, 0.15) is 12.3 Å². The van der Waals surface area contributed by atoms with Crippen molar-refractivity contribution in [2.24, 2.45) is 0 Å². The second kappa shape index (κ2) is 8.89. The van der Waals surface area contributed by atoms with Crippen molar-refractivity contribution >= 4 is 45.7 Å². The first-order valence-electron chi connectivity index (χ1n) is 11.6. The third kappa shape index (κ3) is 3.73. The quantitative estimate of drug-likeness (QED) is 0.367. The van der Waals surface area contributed by atoms with E-state index in [1.807, 2.05) is 65.1 Å². The molecule has 1 saturated heterocycles. The molecule has 5 aromatic rings. The summed E-state index contributed by atoms with van der Waals surface area (Å²) in [7, 11) is 0. The number of aliphatic hydroxyl groups is 1. The van der Waals surface area contributed by atoms with Crippen molar-refractivity contribution in [2.75, 3.05) is 19.7 Å². The van der Waals surface area contributed by atoms with Gasteiger partial charge in [0.15, 0.2) is 0 Å². The van der Waals surface area contributed by atoms with E-state index in [0.717, 1.165) is 45.5 Å². The van der Waals surface area contributed by atoms with Crippen molar-refractivity contribution in [3.63, 3.8) is 0 Å². The molecule has 6 rings (SSSR count). The van der Waals surface area contributed by atoms with Crippen molar-refractivity contribution in [3.8, 4) is 22.4 Å². The fraction of sp³-hybridized carbons (Fsp3) is 0.231. The van der Waals surface area contributed by atoms with Gasteiger partial charge in [-0.15, -0.1) is 0 Å². The van der Waals surface area contributed by atoms with Crippen LogP contribution in [0, 0.1) is 6.92 Å². The van der Waals surface area contributed by atoms with Gasteiger partial charge >= 0.3 is 0 Å². The van der Waals surface area contributed by atoms with Crippen LogP contribution in [0.2, 0.25) is 10.0 Å². The molecule has 1 amide bonds. The molecule has 0 unspecified atom stereocenters. The smallest absolute Gasteiger partial charge is 0.248 e. The summed E-state index contributed by atoms with van der Waals surface area (Å²) in [6.45, 7) is 2.68. The van der Waals surface area contributed by atoms with E-state index in [2.05, 4.69) is 16.1 Å². The lowest BCUT2D eigenvalue weighted by Crippen LogP contribution is -2.31. The van der Waals surface area contributed by atoms with Crippen LogP contribution in [0.1, 0.15) is 18.2 Å². The molecular formula is C26H22Cl2N6O2. The molecule has 1 aliphatic heterocycles. The Balaban J connectivity index is 1.40. The molecule has 8 nitrogen and oxygen atoms in total. The van der Waals surface area contributed by atoms with Gasteiger partial charge in [0.2, 0.25) is 5.91 Å². The number of rotatable bonds is 4.